The number of anilines is 1. The Morgan fingerprint density at radius 3 is 2.80 bits per heavy atom. The van der Waals surface area contributed by atoms with Crippen molar-refractivity contribution in [3.8, 4) is 6.01 Å². The molecular weight excluding hydrogens is 274 g/mol. The van der Waals surface area contributed by atoms with Crippen molar-refractivity contribution in [2.24, 2.45) is 0 Å². The maximum atomic E-state index is 5.37. The Bertz CT molecular complexity index is 538. The van der Waals surface area contributed by atoms with Gasteiger partial charge in [0.05, 0.1) is 6.61 Å². The molecule has 0 aliphatic heterocycles. The fourth-order valence-electron chi connectivity index (χ4n) is 1.39. The molecule has 2 heterocycles. The van der Waals surface area contributed by atoms with E-state index >= 15 is 0 Å². The molecule has 0 bridgehead atoms. The number of hydrogen-bond acceptors (Lipinski definition) is 7. The van der Waals surface area contributed by atoms with Crippen LogP contribution in [-0.2, 0) is 0 Å². The molecule has 0 aromatic carbocycles. The molecule has 0 aliphatic carbocycles. The van der Waals surface area contributed by atoms with E-state index in [9.17, 15) is 0 Å². The van der Waals surface area contributed by atoms with Crippen LogP contribution in [-0.4, -0.2) is 33.1 Å². The van der Waals surface area contributed by atoms with E-state index in [0.29, 0.717) is 23.7 Å². The summed E-state index contributed by atoms with van der Waals surface area (Å²) in [5.41, 5.74) is 0. The molecule has 6 nitrogen and oxygen atoms in total. The van der Waals surface area contributed by atoms with E-state index in [1.165, 1.54) is 11.8 Å². The predicted molar refractivity (Wildman–Crippen MR) is 78.1 cm³/mol. The Hall–Kier alpha value is -1.89. The summed E-state index contributed by atoms with van der Waals surface area (Å²) in [7, 11) is 0. The second-order valence-electron chi connectivity index (χ2n) is 3.85. The lowest BCUT2D eigenvalue weighted by molar-refractivity contribution is 0.308. The van der Waals surface area contributed by atoms with Gasteiger partial charge in [-0.2, -0.15) is 15.0 Å². The van der Waals surface area contributed by atoms with Gasteiger partial charge in [-0.15, -0.1) is 0 Å². The summed E-state index contributed by atoms with van der Waals surface area (Å²) in [6.45, 7) is 5.31. The second kappa shape index (κ2) is 7.64. The Balaban J connectivity index is 2.19. The van der Waals surface area contributed by atoms with Crippen molar-refractivity contribution < 1.29 is 4.74 Å². The smallest absolute Gasteiger partial charge is 0.322 e. The van der Waals surface area contributed by atoms with Crippen LogP contribution in [0.15, 0.2) is 34.6 Å². The zero-order valence-corrected chi connectivity index (χ0v) is 12.4. The van der Waals surface area contributed by atoms with Gasteiger partial charge in [0, 0.05) is 12.7 Å². The highest BCUT2D eigenvalue weighted by Gasteiger charge is 2.09. The van der Waals surface area contributed by atoms with E-state index in [0.717, 1.165) is 18.0 Å². The minimum atomic E-state index is 0.333. The van der Waals surface area contributed by atoms with Gasteiger partial charge in [0.1, 0.15) is 5.03 Å². The molecule has 0 amide bonds. The summed E-state index contributed by atoms with van der Waals surface area (Å²) in [4.78, 5) is 17.1. The maximum Gasteiger partial charge on any atom is 0.322 e. The van der Waals surface area contributed by atoms with Crippen LogP contribution in [0, 0.1) is 0 Å². The van der Waals surface area contributed by atoms with E-state index in [4.69, 9.17) is 4.74 Å². The van der Waals surface area contributed by atoms with Crippen molar-refractivity contribution in [2.75, 3.05) is 18.5 Å². The third-order valence-corrected chi connectivity index (χ3v) is 3.05. The molecule has 0 saturated heterocycles. The molecule has 20 heavy (non-hydrogen) atoms. The fraction of sp³-hybridized carbons (Fsp3) is 0.385. The van der Waals surface area contributed by atoms with Crippen LogP contribution in [0.5, 0.6) is 6.01 Å². The molecule has 0 fully saturated rings. The van der Waals surface area contributed by atoms with Crippen LogP contribution in [0.2, 0.25) is 0 Å². The highest BCUT2D eigenvalue weighted by molar-refractivity contribution is 7.99. The van der Waals surface area contributed by atoms with Gasteiger partial charge in [-0.3, -0.25) is 0 Å². The van der Waals surface area contributed by atoms with Crippen LogP contribution in [0.3, 0.4) is 0 Å². The van der Waals surface area contributed by atoms with Gasteiger partial charge in [0.25, 0.3) is 0 Å². The maximum absolute atomic E-state index is 5.37. The molecule has 1 N–H and O–H groups in total. The molecule has 0 atom stereocenters. The van der Waals surface area contributed by atoms with E-state index in [2.05, 4.69) is 32.2 Å². The van der Waals surface area contributed by atoms with Crippen molar-refractivity contribution >= 4 is 17.7 Å². The Labute approximate surface area is 122 Å². The van der Waals surface area contributed by atoms with E-state index in [-0.39, 0.29) is 0 Å². The standard InChI is InChI=1S/C13H17N5OS/c1-3-8-15-11-16-12(19-4-2)18-13(17-11)20-10-7-5-6-9-14-10/h5-7,9H,3-4,8H2,1-2H3,(H,15,16,17,18). The molecule has 0 spiro atoms. The van der Waals surface area contributed by atoms with Gasteiger partial charge < -0.3 is 10.1 Å². The third kappa shape index (κ3) is 4.34. The van der Waals surface area contributed by atoms with E-state index < -0.39 is 0 Å². The van der Waals surface area contributed by atoms with Crippen LogP contribution in [0.4, 0.5) is 5.95 Å². The quantitative estimate of drug-likeness (QED) is 0.840. The Morgan fingerprint density at radius 2 is 2.10 bits per heavy atom. The first-order valence-corrected chi connectivity index (χ1v) is 7.35. The van der Waals surface area contributed by atoms with Gasteiger partial charge in [-0.1, -0.05) is 13.0 Å². The lowest BCUT2D eigenvalue weighted by Crippen LogP contribution is -2.08. The normalized spacial score (nSPS) is 10.3. The van der Waals surface area contributed by atoms with Crippen molar-refractivity contribution in [3.05, 3.63) is 24.4 Å². The average Bonchev–Trinajstić information content (AvgIpc) is 2.46. The number of aromatic nitrogens is 4. The molecule has 0 saturated carbocycles. The van der Waals surface area contributed by atoms with E-state index in [1.54, 1.807) is 6.20 Å². The van der Waals surface area contributed by atoms with Gasteiger partial charge in [-0.05, 0) is 37.2 Å². The van der Waals surface area contributed by atoms with Crippen molar-refractivity contribution in [1.29, 1.82) is 0 Å². The molecule has 0 radical (unpaired) electrons. The van der Waals surface area contributed by atoms with Gasteiger partial charge >= 0.3 is 6.01 Å². The largest absolute Gasteiger partial charge is 0.464 e. The first-order valence-electron chi connectivity index (χ1n) is 6.53. The lowest BCUT2D eigenvalue weighted by atomic mass is 10.5. The molecule has 106 valence electrons. The average molecular weight is 291 g/mol. The van der Waals surface area contributed by atoms with Crippen molar-refractivity contribution in [1.82, 2.24) is 19.9 Å². The summed E-state index contributed by atoms with van der Waals surface area (Å²) in [6.07, 6.45) is 2.74. The monoisotopic (exact) mass is 291 g/mol. The number of rotatable bonds is 7. The second-order valence-corrected chi connectivity index (χ2v) is 4.84. The molecule has 7 heteroatoms. The van der Waals surface area contributed by atoms with Gasteiger partial charge in [0.2, 0.25) is 11.1 Å². The highest BCUT2D eigenvalue weighted by Crippen LogP contribution is 2.24. The number of nitrogens with zero attached hydrogens (tertiary/aromatic N) is 4. The van der Waals surface area contributed by atoms with Crippen molar-refractivity contribution in [3.63, 3.8) is 0 Å². The zero-order valence-electron chi connectivity index (χ0n) is 11.5. The minimum absolute atomic E-state index is 0.333. The van der Waals surface area contributed by atoms with E-state index in [1.807, 2.05) is 25.1 Å². The number of nitrogens with one attached hydrogen (secondary N) is 1. The molecule has 0 unspecified atom stereocenters. The van der Waals surface area contributed by atoms with Gasteiger partial charge in [-0.25, -0.2) is 4.98 Å². The van der Waals surface area contributed by atoms with Crippen molar-refractivity contribution in [2.45, 2.75) is 30.5 Å². The van der Waals surface area contributed by atoms with Gasteiger partial charge in [0.15, 0.2) is 0 Å². The van der Waals surface area contributed by atoms with Crippen LogP contribution >= 0.6 is 11.8 Å². The first-order chi connectivity index (χ1) is 9.81. The summed E-state index contributed by atoms with van der Waals surface area (Å²) in [5, 5.41) is 4.55. The Kier molecular flexibility index (Phi) is 5.55. The van der Waals surface area contributed by atoms with Crippen LogP contribution < -0.4 is 10.1 Å². The Morgan fingerprint density at radius 1 is 1.20 bits per heavy atom. The SMILES string of the molecule is CCCNc1nc(OCC)nc(Sc2ccccn2)n1. The predicted octanol–water partition coefficient (Wildman–Crippen LogP) is 2.64. The lowest BCUT2D eigenvalue weighted by Gasteiger charge is -2.07. The van der Waals surface area contributed by atoms with Crippen LogP contribution in [0.1, 0.15) is 20.3 Å². The topological polar surface area (TPSA) is 72.8 Å². The highest BCUT2D eigenvalue weighted by atomic mass is 32.2. The summed E-state index contributed by atoms with van der Waals surface area (Å²) in [5.74, 6) is 0.531. The molecule has 2 aromatic heterocycles. The number of ether oxygens (including phenoxy) is 1. The summed E-state index contributed by atoms with van der Waals surface area (Å²) < 4.78 is 5.37. The molecular formula is C13H17N5OS. The number of pyridine rings is 1. The number of hydrogen-bond donors (Lipinski definition) is 1. The summed E-state index contributed by atoms with van der Waals surface area (Å²) in [6, 6.07) is 6.04. The molecule has 2 aromatic rings. The molecule has 2 rings (SSSR count). The molecule has 0 aliphatic rings. The first kappa shape index (κ1) is 14.5. The summed E-state index contributed by atoms with van der Waals surface area (Å²) >= 11 is 1.38. The third-order valence-electron chi connectivity index (χ3n) is 2.23. The minimum Gasteiger partial charge on any atom is -0.464 e. The zero-order chi connectivity index (χ0) is 14.2. The van der Waals surface area contributed by atoms with Crippen LogP contribution in [0.25, 0.3) is 0 Å². The fourth-order valence-corrected chi connectivity index (χ4v) is 2.10.